The molecule has 0 aromatic heterocycles. The van der Waals surface area contributed by atoms with E-state index in [4.69, 9.17) is 0 Å². The van der Waals surface area contributed by atoms with Gasteiger partial charge in [0.15, 0.2) is 0 Å². The maximum absolute atomic E-state index is 2.84. The van der Waals surface area contributed by atoms with Crippen LogP contribution >= 0.6 is 9.24 Å². The quantitative estimate of drug-likeness (QED) is 0.556. The number of hydrogen-bond donors (Lipinski definition) is 0. The molecule has 16 heavy (non-hydrogen) atoms. The maximum atomic E-state index is 2.84. The number of benzene rings is 1. The first-order valence-electron chi connectivity index (χ1n) is 5.59. The zero-order valence-corrected chi connectivity index (χ0v) is 11.4. The van der Waals surface area contributed by atoms with Crippen LogP contribution in [0.3, 0.4) is 0 Å². The Kier molecular flexibility index (Phi) is 5.28. The maximum Gasteiger partial charge on any atom is 0.0451 e. The molecule has 2 unspecified atom stereocenters. The highest BCUT2D eigenvalue weighted by Crippen LogP contribution is 2.25. The van der Waals surface area contributed by atoms with Crippen molar-refractivity contribution >= 4 is 14.9 Å². The summed E-state index contributed by atoms with van der Waals surface area (Å²) < 4.78 is 0. The van der Waals surface area contributed by atoms with Gasteiger partial charge in [0.1, 0.15) is 0 Å². The number of nitrogens with zero attached hydrogens (tertiary/aromatic N) is 1. The Morgan fingerprint density at radius 2 is 1.88 bits per heavy atom. The summed E-state index contributed by atoms with van der Waals surface area (Å²) in [5.74, 6) is 0.366. The van der Waals surface area contributed by atoms with E-state index in [1.54, 1.807) is 0 Å². The molecule has 1 rings (SSSR count). The van der Waals surface area contributed by atoms with E-state index in [1.807, 2.05) is 13.0 Å². The van der Waals surface area contributed by atoms with Gasteiger partial charge in [0, 0.05) is 17.2 Å². The Labute approximate surface area is 101 Å². The molecule has 0 spiro atoms. The van der Waals surface area contributed by atoms with Gasteiger partial charge in [-0.3, -0.25) is 0 Å². The average molecular weight is 233 g/mol. The molecule has 0 amide bonds. The van der Waals surface area contributed by atoms with Crippen molar-refractivity contribution in [3.05, 3.63) is 54.3 Å². The summed E-state index contributed by atoms with van der Waals surface area (Å²) in [7, 11) is 2.84. The number of anilines is 1. The van der Waals surface area contributed by atoms with Gasteiger partial charge < -0.3 is 4.90 Å². The first-order valence-corrected chi connectivity index (χ1v) is 6.26. The van der Waals surface area contributed by atoms with E-state index in [2.05, 4.69) is 70.5 Å². The predicted molar refractivity (Wildman–Crippen MR) is 76.7 cm³/mol. The van der Waals surface area contributed by atoms with E-state index in [0.29, 0.717) is 5.78 Å². The van der Waals surface area contributed by atoms with Crippen molar-refractivity contribution in [1.82, 2.24) is 0 Å². The lowest BCUT2D eigenvalue weighted by Gasteiger charge is -2.29. The fourth-order valence-electron chi connectivity index (χ4n) is 1.69. The lowest BCUT2D eigenvalue weighted by atomic mass is 10.2. The van der Waals surface area contributed by atoms with Gasteiger partial charge >= 0.3 is 0 Å². The Morgan fingerprint density at radius 1 is 1.25 bits per heavy atom. The molecule has 2 atom stereocenters. The van der Waals surface area contributed by atoms with Gasteiger partial charge in [-0.05, 0) is 39.0 Å². The first-order chi connectivity index (χ1) is 7.70. The first kappa shape index (κ1) is 13.0. The van der Waals surface area contributed by atoms with E-state index >= 15 is 0 Å². The third-order valence-electron chi connectivity index (χ3n) is 2.35. The minimum Gasteiger partial charge on any atom is -0.335 e. The van der Waals surface area contributed by atoms with E-state index in [-0.39, 0.29) is 0 Å². The molecule has 1 aromatic carbocycles. The average Bonchev–Trinajstić information content (AvgIpc) is 2.29. The lowest BCUT2D eigenvalue weighted by Crippen LogP contribution is -2.26. The highest BCUT2D eigenvalue weighted by molar-refractivity contribution is 7.17. The molecule has 86 valence electrons. The fraction of sp³-hybridized carbons (Fsp3) is 0.286. The van der Waals surface area contributed by atoms with Crippen LogP contribution in [-0.2, 0) is 0 Å². The summed E-state index contributed by atoms with van der Waals surface area (Å²) in [5.41, 5.74) is 2.44. The van der Waals surface area contributed by atoms with Gasteiger partial charge in [0.25, 0.3) is 0 Å². The molecule has 0 N–H and O–H groups in total. The van der Waals surface area contributed by atoms with Crippen LogP contribution < -0.4 is 4.90 Å². The van der Waals surface area contributed by atoms with Gasteiger partial charge in [-0.1, -0.05) is 30.4 Å². The predicted octanol–water partition coefficient (Wildman–Crippen LogP) is 4.19. The second-order valence-corrected chi connectivity index (χ2v) is 4.62. The summed E-state index contributed by atoms with van der Waals surface area (Å²) >= 11 is 0. The highest BCUT2D eigenvalue weighted by atomic mass is 31.0. The van der Waals surface area contributed by atoms with Crippen LogP contribution in [0.2, 0.25) is 0 Å². The second kappa shape index (κ2) is 6.50. The van der Waals surface area contributed by atoms with Crippen LogP contribution in [0, 0.1) is 0 Å². The van der Waals surface area contributed by atoms with Crippen molar-refractivity contribution in [2.75, 3.05) is 4.90 Å². The SMILES string of the molecule is C/C=C\C(=C/C)N(c1ccccc1)C(C)P. The van der Waals surface area contributed by atoms with Crippen LogP contribution in [0.5, 0.6) is 0 Å². The normalized spacial score (nSPS) is 14.1. The van der Waals surface area contributed by atoms with Crippen LogP contribution in [0.15, 0.2) is 54.3 Å². The van der Waals surface area contributed by atoms with Crippen LogP contribution in [0.1, 0.15) is 20.8 Å². The minimum atomic E-state index is 0.366. The zero-order chi connectivity index (χ0) is 12.0. The standard InChI is InChI=1S/C14H20NP/c1-4-9-13(5-2)15(12(3)16)14-10-7-6-8-11-14/h4-12H,16H2,1-3H3/b9-4-,13-5+. The molecule has 0 aliphatic rings. The molecule has 0 radical (unpaired) electrons. The molecular formula is C14H20NP. The van der Waals surface area contributed by atoms with E-state index in [1.165, 1.54) is 11.4 Å². The van der Waals surface area contributed by atoms with Crippen molar-refractivity contribution < 1.29 is 0 Å². The van der Waals surface area contributed by atoms with Gasteiger partial charge in [0.2, 0.25) is 0 Å². The topological polar surface area (TPSA) is 3.24 Å². The minimum absolute atomic E-state index is 0.366. The molecule has 0 saturated carbocycles. The molecule has 2 heteroatoms. The van der Waals surface area contributed by atoms with Crippen LogP contribution in [0.25, 0.3) is 0 Å². The summed E-state index contributed by atoms with van der Waals surface area (Å²) in [4.78, 5) is 2.30. The Bertz CT molecular complexity index is 366. The Hall–Kier alpha value is -1.07. The van der Waals surface area contributed by atoms with Gasteiger partial charge in [-0.25, -0.2) is 0 Å². The van der Waals surface area contributed by atoms with Gasteiger partial charge in [0.05, 0.1) is 0 Å². The lowest BCUT2D eigenvalue weighted by molar-refractivity contribution is 0.917. The summed E-state index contributed by atoms with van der Waals surface area (Å²) in [6, 6.07) is 10.4. The van der Waals surface area contributed by atoms with Gasteiger partial charge in [-0.15, -0.1) is 9.24 Å². The zero-order valence-electron chi connectivity index (χ0n) is 10.2. The third kappa shape index (κ3) is 3.21. The van der Waals surface area contributed by atoms with Crippen molar-refractivity contribution in [3.8, 4) is 0 Å². The van der Waals surface area contributed by atoms with Crippen LogP contribution in [0.4, 0.5) is 5.69 Å². The largest absolute Gasteiger partial charge is 0.335 e. The smallest absolute Gasteiger partial charge is 0.0451 e. The molecular weight excluding hydrogens is 213 g/mol. The summed E-state index contributed by atoms with van der Waals surface area (Å²) in [6.45, 7) is 6.28. The molecule has 1 aromatic rings. The fourth-order valence-corrected chi connectivity index (χ4v) is 2.04. The van der Waals surface area contributed by atoms with Crippen molar-refractivity contribution in [2.45, 2.75) is 26.6 Å². The van der Waals surface area contributed by atoms with E-state index in [0.717, 1.165) is 0 Å². The van der Waals surface area contributed by atoms with Crippen molar-refractivity contribution in [3.63, 3.8) is 0 Å². The summed E-state index contributed by atoms with van der Waals surface area (Å²) in [5, 5.41) is 0. The number of hydrogen-bond acceptors (Lipinski definition) is 1. The third-order valence-corrected chi connectivity index (χ3v) is 2.65. The van der Waals surface area contributed by atoms with Gasteiger partial charge in [-0.2, -0.15) is 0 Å². The molecule has 0 bridgehead atoms. The Morgan fingerprint density at radius 3 is 2.31 bits per heavy atom. The molecule has 0 saturated heterocycles. The summed E-state index contributed by atoms with van der Waals surface area (Å²) in [6.07, 6.45) is 6.33. The number of rotatable bonds is 4. The van der Waals surface area contributed by atoms with Crippen molar-refractivity contribution in [2.24, 2.45) is 0 Å². The Balaban J connectivity index is 3.10. The molecule has 1 nitrogen and oxygen atoms in total. The van der Waals surface area contributed by atoms with E-state index in [9.17, 15) is 0 Å². The van der Waals surface area contributed by atoms with Crippen LogP contribution in [-0.4, -0.2) is 5.78 Å². The number of allylic oxidation sites excluding steroid dienone is 3. The molecule has 0 aliphatic carbocycles. The molecule has 0 aliphatic heterocycles. The molecule has 0 fully saturated rings. The number of para-hydroxylation sites is 1. The second-order valence-electron chi connectivity index (χ2n) is 3.66. The monoisotopic (exact) mass is 233 g/mol. The van der Waals surface area contributed by atoms with Crippen molar-refractivity contribution in [1.29, 1.82) is 0 Å². The van der Waals surface area contributed by atoms with E-state index < -0.39 is 0 Å². The molecule has 0 heterocycles. The highest BCUT2D eigenvalue weighted by Gasteiger charge is 2.12.